The number of fused-ring (bicyclic) bond motifs is 1. The molecule has 2 atom stereocenters. The fourth-order valence-electron chi connectivity index (χ4n) is 3.68. The molecule has 2 N–H and O–H groups in total. The van der Waals surface area contributed by atoms with Crippen LogP contribution in [0.4, 0.5) is 4.79 Å². The highest BCUT2D eigenvalue weighted by Gasteiger charge is 2.33. The lowest BCUT2D eigenvalue weighted by Gasteiger charge is -2.23. The molecule has 1 amide bonds. The quantitative estimate of drug-likeness (QED) is 0.627. The molecule has 0 spiro atoms. The van der Waals surface area contributed by atoms with Crippen molar-refractivity contribution in [2.24, 2.45) is 0 Å². The largest absolute Gasteiger partial charge is 0.487 e. The number of para-hydroxylation sites is 1. The van der Waals surface area contributed by atoms with Crippen molar-refractivity contribution in [3.05, 3.63) is 88.9 Å². The minimum Gasteiger partial charge on any atom is -0.487 e. The maximum atomic E-state index is 11.4. The fraction of sp³-hybridized carbons (Fsp3) is 0.174. The number of amides is 1. The molecule has 5 heteroatoms. The van der Waals surface area contributed by atoms with Crippen LogP contribution < -0.4 is 10.1 Å². The van der Waals surface area contributed by atoms with Crippen LogP contribution in [0.3, 0.4) is 0 Å². The van der Waals surface area contributed by atoms with Crippen molar-refractivity contribution in [1.82, 2.24) is 5.32 Å². The predicted molar refractivity (Wildman–Crippen MR) is 110 cm³/mol. The first-order valence-electron chi connectivity index (χ1n) is 9.18. The first kappa shape index (κ1) is 18.4. The van der Waals surface area contributed by atoms with Gasteiger partial charge in [-0.2, -0.15) is 0 Å². The number of benzene rings is 3. The molecule has 0 saturated carbocycles. The third kappa shape index (κ3) is 3.97. The van der Waals surface area contributed by atoms with Gasteiger partial charge in [-0.05, 0) is 35.2 Å². The molecule has 0 bridgehead atoms. The van der Waals surface area contributed by atoms with Crippen molar-refractivity contribution >= 4 is 17.7 Å². The number of carbonyl (C=O) groups is 1. The second-order valence-electron chi connectivity index (χ2n) is 6.91. The van der Waals surface area contributed by atoms with Crippen LogP contribution in [0.5, 0.6) is 5.75 Å². The topological polar surface area (TPSA) is 58.6 Å². The number of hydrogen-bond acceptors (Lipinski definition) is 2. The maximum absolute atomic E-state index is 11.4. The Labute approximate surface area is 168 Å². The molecule has 1 aliphatic rings. The van der Waals surface area contributed by atoms with E-state index in [1.54, 1.807) is 0 Å². The Bertz CT molecular complexity index is 973. The molecule has 0 aliphatic carbocycles. The molecule has 0 fully saturated rings. The van der Waals surface area contributed by atoms with Crippen LogP contribution >= 0.6 is 11.6 Å². The number of hydrogen-bond donors (Lipinski definition) is 2. The van der Waals surface area contributed by atoms with Gasteiger partial charge in [-0.3, -0.25) is 0 Å². The zero-order valence-corrected chi connectivity index (χ0v) is 15.9. The predicted octanol–water partition coefficient (Wildman–Crippen LogP) is 5.19. The number of rotatable bonds is 5. The van der Waals surface area contributed by atoms with Crippen LogP contribution in [0.15, 0.2) is 72.8 Å². The van der Waals surface area contributed by atoms with Crippen molar-refractivity contribution in [2.45, 2.75) is 25.0 Å². The molecule has 142 valence electrons. The molecule has 0 aromatic heterocycles. The molecule has 3 aromatic carbocycles. The normalized spacial score (nSPS) is 16.1. The van der Waals surface area contributed by atoms with Crippen molar-refractivity contribution in [2.75, 3.05) is 0 Å². The second kappa shape index (κ2) is 7.95. The van der Waals surface area contributed by atoms with E-state index < -0.39 is 6.09 Å². The summed E-state index contributed by atoms with van der Waals surface area (Å²) in [4.78, 5) is 11.4. The summed E-state index contributed by atoms with van der Waals surface area (Å²) >= 11 is 6.01. The molecular formula is C23H20ClNO3. The van der Waals surface area contributed by atoms with Crippen molar-refractivity contribution in [3.8, 4) is 16.9 Å². The van der Waals surface area contributed by atoms with E-state index >= 15 is 0 Å². The monoisotopic (exact) mass is 393 g/mol. The zero-order chi connectivity index (χ0) is 19.5. The Kier molecular flexibility index (Phi) is 5.22. The van der Waals surface area contributed by atoms with Gasteiger partial charge in [0.25, 0.3) is 0 Å². The molecule has 28 heavy (non-hydrogen) atoms. The Hall–Kier alpha value is -2.98. The van der Waals surface area contributed by atoms with Crippen molar-refractivity contribution in [3.63, 3.8) is 0 Å². The van der Waals surface area contributed by atoms with Gasteiger partial charge < -0.3 is 15.2 Å². The number of nitrogens with one attached hydrogen (secondary N) is 1. The van der Waals surface area contributed by atoms with E-state index in [0.29, 0.717) is 17.9 Å². The Morgan fingerprint density at radius 2 is 1.82 bits per heavy atom. The summed E-state index contributed by atoms with van der Waals surface area (Å²) in [6.45, 7) is 0. The Balaban J connectivity index is 1.61. The molecule has 0 saturated heterocycles. The molecule has 0 radical (unpaired) electrons. The SMILES string of the molecule is O=C(O)NC(Cc1ccccc1)C1Cc2cccc(-c3ccc(Cl)cc3)c2O1. The molecule has 1 heterocycles. The lowest BCUT2D eigenvalue weighted by Crippen LogP contribution is -2.46. The Morgan fingerprint density at radius 3 is 2.54 bits per heavy atom. The van der Waals surface area contributed by atoms with E-state index in [4.69, 9.17) is 16.3 Å². The summed E-state index contributed by atoms with van der Waals surface area (Å²) in [5, 5.41) is 12.6. The van der Waals surface area contributed by atoms with Crippen LogP contribution in [0, 0.1) is 0 Å². The molecule has 2 unspecified atom stereocenters. The molecule has 3 aromatic rings. The summed E-state index contributed by atoms with van der Waals surface area (Å²) in [7, 11) is 0. The van der Waals surface area contributed by atoms with Gasteiger partial charge in [0.15, 0.2) is 0 Å². The van der Waals surface area contributed by atoms with Gasteiger partial charge in [0.1, 0.15) is 11.9 Å². The molecule has 4 rings (SSSR count). The maximum Gasteiger partial charge on any atom is 0.405 e. The van der Waals surface area contributed by atoms with Gasteiger partial charge >= 0.3 is 6.09 Å². The number of ether oxygens (including phenoxy) is 1. The highest BCUT2D eigenvalue weighted by Crippen LogP contribution is 2.40. The lowest BCUT2D eigenvalue weighted by atomic mass is 9.96. The summed E-state index contributed by atoms with van der Waals surface area (Å²) < 4.78 is 6.30. The average molecular weight is 394 g/mol. The van der Waals surface area contributed by atoms with E-state index in [9.17, 15) is 9.90 Å². The standard InChI is InChI=1S/C23H20ClNO3/c24-18-11-9-16(10-12-18)19-8-4-7-17-14-21(28-22(17)19)20(25-23(26)27)13-15-5-2-1-3-6-15/h1-12,20-21,25H,13-14H2,(H,26,27). The first-order chi connectivity index (χ1) is 13.6. The van der Waals surface area contributed by atoms with Crippen LogP contribution in [0.2, 0.25) is 5.02 Å². The first-order valence-corrected chi connectivity index (χ1v) is 9.56. The van der Waals surface area contributed by atoms with Gasteiger partial charge in [-0.25, -0.2) is 4.79 Å². The molecular weight excluding hydrogens is 374 g/mol. The van der Waals surface area contributed by atoms with Crippen LogP contribution in [0.25, 0.3) is 11.1 Å². The van der Waals surface area contributed by atoms with Gasteiger partial charge in [0.05, 0.1) is 6.04 Å². The summed E-state index contributed by atoms with van der Waals surface area (Å²) in [5.74, 6) is 0.820. The highest BCUT2D eigenvalue weighted by molar-refractivity contribution is 6.30. The van der Waals surface area contributed by atoms with Crippen molar-refractivity contribution in [1.29, 1.82) is 0 Å². The minimum atomic E-state index is -1.04. The van der Waals surface area contributed by atoms with E-state index in [1.165, 1.54) is 0 Å². The van der Waals surface area contributed by atoms with Gasteiger partial charge in [0.2, 0.25) is 0 Å². The van der Waals surface area contributed by atoms with E-state index in [-0.39, 0.29) is 12.1 Å². The zero-order valence-electron chi connectivity index (χ0n) is 15.1. The molecule has 4 nitrogen and oxygen atoms in total. The van der Waals surface area contributed by atoms with Gasteiger partial charge in [-0.15, -0.1) is 0 Å². The number of halogens is 1. The van der Waals surface area contributed by atoms with Crippen molar-refractivity contribution < 1.29 is 14.6 Å². The lowest BCUT2D eigenvalue weighted by molar-refractivity contribution is 0.154. The van der Waals surface area contributed by atoms with E-state index in [1.807, 2.05) is 72.8 Å². The third-order valence-corrected chi connectivity index (χ3v) is 5.25. The Morgan fingerprint density at radius 1 is 1.07 bits per heavy atom. The minimum absolute atomic E-state index is 0.264. The van der Waals surface area contributed by atoms with Crippen LogP contribution in [0.1, 0.15) is 11.1 Å². The fourth-order valence-corrected chi connectivity index (χ4v) is 3.80. The van der Waals surface area contributed by atoms with E-state index in [2.05, 4.69) is 5.32 Å². The van der Waals surface area contributed by atoms with Gasteiger partial charge in [-0.1, -0.05) is 72.3 Å². The van der Waals surface area contributed by atoms with E-state index in [0.717, 1.165) is 28.0 Å². The molecule has 1 aliphatic heterocycles. The summed E-state index contributed by atoms with van der Waals surface area (Å²) in [5.41, 5.74) is 4.17. The van der Waals surface area contributed by atoms with Crippen LogP contribution in [-0.4, -0.2) is 23.3 Å². The smallest absolute Gasteiger partial charge is 0.405 e. The van der Waals surface area contributed by atoms with Crippen LogP contribution in [-0.2, 0) is 12.8 Å². The highest BCUT2D eigenvalue weighted by atomic mass is 35.5. The second-order valence-corrected chi connectivity index (χ2v) is 7.34. The third-order valence-electron chi connectivity index (χ3n) is 5.00. The summed E-state index contributed by atoms with van der Waals surface area (Å²) in [6.07, 6.45) is -0.0745. The number of carboxylic acid groups (broad SMARTS) is 1. The average Bonchev–Trinajstić information content (AvgIpc) is 3.13. The summed E-state index contributed by atoms with van der Waals surface area (Å²) in [6, 6.07) is 23.2. The van der Waals surface area contributed by atoms with Gasteiger partial charge in [0, 0.05) is 17.0 Å².